The molecule has 1 heterocycles. The van der Waals surface area contributed by atoms with E-state index in [0.29, 0.717) is 105 Å². The molecule has 0 radical (unpaired) electrons. The first-order valence-electron chi connectivity index (χ1n) is 21.4. The Labute approximate surface area is 374 Å². The molecular formula is C43H67N5O16. The van der Waals surface area contributed by atoms with Gasteiger partial charge < -0.3 is 63.9 Å². The van der Waals surface area contributed by atoms with Gasteiger partial charge in [0, 0.05) is 50.7 Å². The largest absolute Gasteiger partial charge is 0.461 e. The number of esters is 1. The fraction of sp³-hybridized carbons (Fsp3) is 0.651. The Morgan fingerprint density at radius 2 is 1.02 bits per heavy atom. The lowest BCUT2D eigenvalue weighted by Crippen LogP contribution is -2.53. The molecule has 360 valence electrons. The van der Waals surface area contributed by atoms with Gasteiger partial charge >= 0.3 is 5.97 Å². The predicted molar refractivity (Wildman–Crippen MR) is 230 cm³/mol. The number of hydrogen-bond acceptors (Lipinski definition) is 16. The molecule has 21 heteroatoms. The maximum Gasteiger partial charge on any atom is 0.302 e. The number of amides is 6. The van der Waals surface area contributed by atoms with Crippen molar-refractivity contribution >= 4 is 47.1 Å². The fourth-order valence-electron chi connectivity index (χ4n) is 5.29. The first-order chi connectivity index (χ1) is 30.9. The second kappa shape index (κ2) is 34.5. The van der Waals surface area contributed by atoms with Crippen LogP contribution in [-0.4, -0.2) is 177 Å². The molecule has 2 rings (SSSR count). The third-order valence-corrected chi connectivity index (χ3v) is 8.79. The van der Waals surface area contributed by atoms with Crippen LogP contribution in [0.25, 0.3) is 0 Å². The molecule has 0 aromatic heterocycles. The van der Waals surface area contributed by atoms with Crippen molar-refractivity contribution in [1.82, 2.24) is 20.9 Å². The summed E-state index contributed by atoms with van der Waals surface area (Å²) in [6.07, 6.45) is 2.45. The summed E-state index contributed by atoms with van der Waals surface area (Å²) in [4.78, 5) is 85.0. The van der Waals surface area contributed by atoms with Crippen molar-refractivity contribution in [2.24, 2.45) is 5.92 Å². The maximum atomic E-state index is 13.0. The van der Waals surface area contributed by atoms with Gasteiger partial charge in [0.05, 0.1) is 106 Å². The van der Waals surface area contributed by atoms with Crippen LogP contribution < -0.4 is 21.3 Å². The van der Waals surface area contributed by atoms with Crippen molar-refractivity contribution in [3.63, 3.8) is 0 Å². The van der Waals surface area contributed by atoms with Crippen molar-refractivity contribution in [3.05, 3.63) is 42.0 Å². The molecule has 64 heavy (non-hydrogen) atoms. The number of carbonyl (C=O) groups excluding carboxylic acids is 7. The first kappa shape index (κ1) is 55.3. The second-order valence-electron chi connectivity index (χ2n) is 14.4. The summed E-state index contributed by atoms with van der Waals surface area (Å²) in [7, 11) is 0. The van der Waals surface area contributed by atoms with E-state index in [1.54, 1.807) is 45.0 Å². The zero-order chi connectivity index (χ0) is 46.8. The van der Waals surface area contributed by atoms with Crippen molar-refractivity contribution < 1.29 is 76.2 Å². The minimum absolute atomic E-state index is 0.0357. The van der Waals surface area contributed by atoms with Crippen LogP contribution in [0.2, 0.25) is 0 Å². The Morgan fingerprint density at radius 1 is 0.562 bits per heavy atom. The molecule has 2 atom stereocenters. The van der Waals surface area contributed by atoms with Crippen molar-refractivity contribution in [2.45, 2.75) is 59.2 Å². The smallest absolute Gasteiger partial charge is 0.302 e. The number of hydrogen-bond donors (Lipinski definition) is 4. The third-order valence-electron chi connectivity index (χ3n) is 8.79. The molecule has 1 aromatic carbocycles. The molecule has 0 fully saturated rings. The summed E-state index contributed by atoms with van der Waals surface area (Å²) in [5.74, 6) is -2.99. The van der Waals surface area contributed by atoms with Crippen LogP contribution in [0.1, 0.15) is 46.1 Å². The van der Waals surface area contributed by atoms with E-state index in [1.165, 1.54) is 19.1 Å². The van der Waals surface area contributed by atoms with E-state index in [1.807, 2.05) is 0 Å². The lowest BCUT2D eigenvalue weighted by molar-refractivity contribution is -0.142. The number of imide groups is 1. The predicted octanol–water partition coefficient (Wildman–Crippen LogP) is 0.288. The highest BCUT2D eigenvalue weighted by molar-refractivity contribution is 6.13. The van der Waals surface area contributed by atoms with Gasteiger partial charge in [0.25, 0.3) is 11.8 Å². The number of nitrogens with zero attached hydrogens (tertiary/aromatic N) is 1. The quantitative estimate of drug-likeness (QED) is 0.0395. The Morgan fingerprint density at radius 3 is 1.47 bits per heavy atom. The molecule has 0 saturated carbocycles. The lowest BCUT2D eigenvalue weighted by Gasteiger charge is -2.24. The van der Waals surface area contributed by atoms with Crippen LogP contribution in [0.15, 0.2) is 36.4 Å². The summed E-state index contributed by atoms with van der Waals surface area (Å²) in [5, 5.41) is 10.8. The van der Waals surface area contributed by atoms with Gasteiger partial charge in [-0.2, -0.15) is 0 Å². The molecule has 0 unspecified atom stereocenters. The van der Waals surface area contributed by atoms with Gasteiger partial charge in [-0.05, 0) is 30.5 Å². The standard InChI is InChI=1S/C43H67N5O16/c1-32(2)41(43(55)45-33(3)42(54)46-36-7-5-35(6-8-36)31-64-34(4)49)47-38(51)12-15-56-17-19-58-21-23-60-25-27-62-29-30-63-28-26-61-24-22-59-20-18-57-16-13-44-37(50)11-14-48-39(52)9-10-40(48)53/h5-10,32-33,41H,11-31H2,1-4H3,(H,44,50)(H,45,55)(H,46,54)(H,47,51)/t33-,41-/m0/s1. The minimum atomic E-state index is -0.873. The molecule has 0 aliphatic carbocycles. The number of benzene rings is 1. The number of nitrogens with one attached hydrogen (secondary N) is 4. The second-order valence-corrected chi connectivity index (χ2v) is 14.4. The average molecular weight is 910 g/mol. The summed E-state index contributed by atoms with van der Waals surface area (Å²) < 4.78 is 48.7. The van der Waals surface area contributed by atoms with Crippen molar-refractivity contribution in [2.75, 3.05) is 124 Å². The fourth-order valence-corrected chi connectivity index (χ4v) is 5.29. The van der Waals surface area contributed by atoms with Crippen LogP contribution in [-0.2, 0) is 82.8 Å². The normalized spacial score (nSPS) is 13.2. The van der Waals surface area contributed by atoms with Gasteiger partial charge in [-0.25, -0.2) is 0 Å². The monoisotopic (exact) mass is 909 g/mol. The molecule has 6 amide bonds. The third kappa shape index (κ3) is 26.7. The Kier molecular flexibility index (Phi) is 29.8. The summed E-state index contributed by atoms with van der Waals surface area (Å²) in [6, 6.07) is 5.05. The molecule has 21 nitrogen and oxygen atoms in total. The molecule has 0 bridgehead atoms. The Bertz CT molecular complexity index is 1560. The zero-order valence-electron chi connectivity index (χ0n) is 37.5. The Hall–Kier alpha value is -4.87. The highest BCUT2D eigenvalue weighted by atomic mass is 16.6. The van der Waals surface area contributed by atoms with Crippen LogP contribution in [0.3, 0.4) is 0 Å². The van der Waals surface area contributed by atoms with E-state index < -0.39 is 35.7 Å². The van der Waals surface area contributed by atoms with Gasteiger partial charge in [-0.1, -0.05) is 26.0 Å². The molecule has 1 aliphatic rings. The van der Waals surface area contributed by atoms with E-state index in [2.05, 4.69) is 21.3 Å². The average Bonchev–Trinajstić information content (AvgIpc) is 3.59. The van der Waals surface area contributed by atoms with Crippen LogP contribution >= 0.6 is 0 Å². The summed E-state index contributed by atoms with van der Waals surface area (Å²) >= 11 is 0. The van der Waals surface area contributed by atoms with Gasteiger partial charge in [-0.3, -0.25) is 38.5 Å². The van der Waals surface area contributed by atoms with E-state index in [0.717, 1.165) is 10.5 Å². The van der Waals surface area contributed by atoms with Gasteiger partial charge in [-0.15, -0.1) is 0 Å². The highest BCUT2D eigenvalue weighted by Gasteiger charge is 2.27. The van der Waals surface area contributed by atoms with Gasteiger partial charge in [0.2, 0.25) is 23.6 Å². The maximum absolute atomic E-state index is 13.0. The molecule has 4 N–H and O–H groups in total. The Balaban J connectivity index is 1.32. The first-order valence-corrected chi connectivity index (χ1v) is 21.4. The molecular weight excluding hydrogens is 842 g/mol. The van der Waals surface area contributed by atoms with E-state index >= 15 is 0 Å². The van der Waals surface area contributed by atoms with E-state index in [9.17, 15) is 33.6 Å². The number of anilines is 1. The van der Waals surface area contributed by atoms with Crippen LogP contribution in [0, 0.1) is 5.92 Å². The zero-order valence-corrected chi connectivity index (χ0v) is 37.5. The van der Waals surface area contributed by atoms with E-state index in [-0.39, 0.29) is 62.9 Å². The number of carbonyl (C=O) groups is 7. The highest BCUT2D eigenvalue weighted by Crippen LogP contribution is 2.12. The van der Waals surface area contributed by atoms with Gasteiger partial charge in [0.1, 0.15) is 18.7 Å². The number of rotatable bonds is 38. The topological polar surface area (TPSA) is 254 Å². The summed E-state index contributed by atoms with van der Waals surface area (Å²) in [5.41, 5.74) is 1.27. The van der Waals surface area contributed by atoms with Crippen LogP contribution in [0.4, 0.5) is 5.69 Å². The van der Waals surface area contributed by atoms with Gasteiger partial charge in [0.15, 0.2) is 0 Å². The van der Waals surface area contributed by atoms with Crippen molar-refractivity contribution in [1.29, 1.82) is 0 Å². The molecule has 0 saturated heterocycles. The minimum Gasteiger partial charge on any atom is -0.461 e. The molecule has 1 aromatic rings. The van der Waals surface area contributed by atoms with Crippen molar-refractivity contribution in [3.8, 4) is 0 Å². The van der Waals surface area contributed by atoms with Crippen LogP contribution in [0.5, 0.6) is 0 Å². The SMILES string of the molecule is CC(=O)OCc1ccc(NC(=O)[C@H](C)NC(=O)[C@@H](NC(=O)CCOCCOCCOCCOCCOCCOCCOCCOCCNC(=O)CCN2C(=O)C=CC2=O)C(C)C)cc1. The molecule has 0 spiro atoms. The summed E-state index contributed by atoms with van der Waals surface area (Å²) in [6.45, 7) is 12.8. The van der Waals surface area contributed by atoms with E-state index in [4.69, 9.17) is 42.6 Å². The number of ether oxygens (including phenoxy) is 9. The lowest BCUT2D eigenvalue weighted by atomic mass is 10.0. The molecule has 1 aliphatic heterocycles.